The Kier molecular flexibility index (Phi) is 3.19. The molecule has 0 aliphatic heterocycles. The number of hydrogen-bond donors (Lipinski definition) is 3. The van der Waals surface area contributed by atoms with E-state index in [-0.39, 0.29) is 11.5 Å². The summed E-state index contributed by atoms with van der Waals surface area (Å²) in [7, 11) is 0. The van der Waals surface area contributed by atoms with Crippen molar-refractivity contribution in [3.05, 3.63) is 47.5 Å². The van der Waals surface area contributed by atoms with Crippen LogP contribution in [0.4, 0.5) is 0 Å². The molecule has 0 heterocycles. The second-order valence-electron chi connectivity index (χ2n) is 3.97. The summed E-state index contributed by atoms with van der Waals surface area (Å²) in [5.74, 6) is 0.281. The number of aromatic hydroxyl groups is 2. The first-order valence-corrected chi connectivity index (χ1v) is 5.43. The summed E-state index contributed by atoms with van der Waals surface area (Å²) in [5.41, 5.74) is 2.91. The van der Waals surface area contributed by atoms with E-state index in [4.69, 9.17) is 5.21 Å². The molecule has 92 valence electrons. The van der Waals surface area contributed by atoms with E-state index < -0.39 is 0 Å². The maximum Gasteiger partial charge on any atom is 0.127 e. The van der Waals surface area contributed by atoms with E-state index in [1.165, 1.54) is 6.21 Å². The molecule has 0 bridgehead atoms. The van der Waals surface area contributed by atoms with Gasteiger partial charge in [-0.3, -0.25) is 0 Å². The standard InChI is InChI=1S/C14H13NO3/c1-9-13(10-2-5-12(16)6-3-10)7-4-11(8-15-18)14(9)17/h2-8,16-18H,1H3/b15-8+. The number of oxime groups is 1. The van der Waals surface area contributed by atoms with Crippen LogP contribution in [0.25, 0.3) is 11.1 Å². The van der Waals surface area contributed by atoms with E-state index in [1.54, 1.807) is 37.3 Å². The number of hydrogen-bond acceptors (Lipinski definition) is 4. The van der Waals surface area contributed by atoms with E-state index >= 15 is 0 Å². The molecule has 0 radical (unpaired) electrons. The quantitative estimate of drug-likeness (QED) is 0.431. The van der Waals surface area contributed by atoms with E-state index in [9.17, 15) is 10.2 Å². The molecule has 2 rings (SSSR count). The van der Waals surface area contributed by atoms with Gasteiger partial charge in [0.05, 0.1) is 6.21 Å². The van der Waals surface area contributed by atoms with E-state index in [1.807, 2.05) is 6.07 Å². The number of phenols is 2. The predicted octanol–water partition coefficient (Wildman–Crippen LogP) is 2.88. The Labute approximate surface area is 104 Å². The minimum Gasteiger partial charge on any atom is -0.508 e. The van der Waals surface area contributed by atoms with E-state index in [0.717, 1.165) is 11.1 Å². The van der Waals surface area contributed by atoms with Crippen LogP contribution in [0.2, 0.25) is 0 Å². The van der Waals surface area contributed by atoms with Gasteiger partial charge in [0, 0.05) is 5.56 Å². The Morgan fingerprint density at radius 2 is 1.67 bits per heavy atom. The summed E-state index contributed by atoms with van der Waals surface area (Å²) >= 11 is 0. The molecular formula is C14H13NO3. The average Bonchev–Trinajstić information content (AvgIpc) is 2.37. The fourth-order valence-corrected chi connectivity index (χ4v) is 1.84. The summed E-state index contributed by atoms with van der Waals surface area (Å²) < 4.78 is 0. The molecule has 0 aliphatic carbocycles. The third-order valence-electron chi connectivity index (χ3n) is 2.84. The van der Waals surface area contributed by atoms with Crippen LogP contribution in [-0.2, 0) is 0 Å². The van der Waals surface area contributed by atoms with Gasteiger partial charge in [0.25, 0.3) is 0 Å². The molecule has 0 atom stereocenters. The predicted molar refractivity (Wildman–Crippen MR) is 69.3 cm³/mol. The van der Waals surface area contributed by atoms with E-state index in [0.29, 0.717) is 11.1 Å². The third kappa shape index (κ3) is 2.13. The van der Waals surface area contributed by atoms with Crippen LogP contribution < -0.4 is 0 Å². The topological polar surface area (TPSA) is 73.1 Å². The Morgan fingerprint density at radius 1 is 1.00 bits per heavy atom. The molecule has 18 heavy (non-hydrogen) atoms. The minimum absolute atomic E-state index is 0.0818. The number of phenolic OH excluding ortho intramolecular Hbond substituents is 2. The molecular weight excluding hydrogens is 230 g/mol. The summed E-state index contributed by atoms with van der Waals surface area (Å²) in [5, 5.41) is 30.6. The number of nitrogens with zero attached hydrogens (tertiary/aromatic N) is 1. The first-order chi connectivity index (χ1) is 8.63. The van der Waals surface area contributed by atoms with Crippen LogP contribution in [0.5, 0.6) is 11.5 Å². The highest BCUT2D eigenvalue weighted by Gasteiger charge is 2.09. The lowest BCUT2D eigenvalue weighted by atomic mass is 9.97. The summed E-state index contributed by atoms with van der Waals surface area (Å²) in [6.07, 6.45) is 1.18. The van der Waals surface area contributed by atoms with Crippen LogP contribution >= 0.6 is 0 Å². The smallest absolute Gasteiger partial charge is 0.127 e. The molecule has 0 spiro atoms. The van der Waals surface area contributed by atoms with Crippen molar-refractivity contribution in [1.82, 2.24) is 0 Å². The summed E-state index contributed by atoms with van der Waals surface area (Å²) in [4.78, 5) is 0. The first-order valence-electron chi connectivity index (χ1n) is 5.43. The second-order valence-corrected chi connectivity index (χ2v) is 3.97. The van der Waals surface area contributed by atoms with Gasteiger partial charge >= 0.3 is 0 Å². The second kappa shape index (κ2) is 4.79. The van der Waals surface area contributed by atoms with Crippen molar-refractivity contribution in [2.45, 2.75) is 6.92 Å². The van der Waals surface area contributed by atoms with Crippen molar-refractivity contribution in [2.24, 2.45) is 5.16 Å². The molecule has 0 unspecified atom stereocenters. The number of rotatable bonds is 2. The highest BCUT2D eigenvalue weighted by atomic mass is 16.4. The van der Waals surface area contributed by atoms with Crippen molar-refractivity contribution in [3.63, 3.8) is 0 Å². The third-order valence-corrected chi connectivity index (χ3v) is 2.84. The van der Waals surface area contributed by atoms with Crippen LogP contribution in [0.3, 0.4) is 0 Å². The molecule has 3 N–H and O–H groups in total. The highest BCUT2D eigenvalue weighted by Crippen LogP contribution is 2.32. The molecule has 0 aromatic heterocycles. The Balaban J connectivity index is 2.53. The molecule has 2 aromatic rings. The molecule has 2 aromatic carbocycles. The first kappa shape index (κ1) is 12.0. The van der Waals surface area contributed by atoms with Gasteiger partial charge in [0.2, 0.25) is 0 Å². The van der Waals surface area contributed by atoms with Gasteiger partial charge in [-0.1, -0.05) is 23.4 Å². The van der Waals surface area contributed by atoms with Crippen LogP contribution in [0.15, 0.2) is 41.6 Å². The van der Waals surface area contributed by atoms with Crippen LogP contribution in [0.1, 0.15) is 11.1 Å². The summed E-state index contributed by atoms with van der Waals surface area (Å²) in [6.45, 7) is 1.78. The molecule has 0 amide bonds. The molecule has 4 heteroatoms. The van der Waals surface area contributed by atoms with Crippen molar-refractivity contribution < 1.29 is 15.4 Å². The molecule has 0 fully saturated rings. The van der Waals surface area contributed by atoms with Gasteiger partial charge in [0.15, 0.2) is 0 Å². The van der Waals surface area contributed by atoms with Crippen LogP contribution in [0, 0.1) is 6.92 Å². The van der Waals surface area contributed by atoms with Gasteiger partial charge < -0.3 is 15.4 Å². The summed E-state index contributed by atoms with van der Waals surface area (Å²) in [6, 6.07) is 10.2. The average molecular weight is 243 g/mol. The largest absolute Gasteiger partial charge is 0.508 e. The monoisotopic (exact) mass is 243 g/mol. The molecule has 0 aliphatic rings. The Bertz CT molecular complexity index is 589. The van der Waals surface area contributed by atoms with E-state index in [2.05, 4.69) is 5.16 Å². The van der Waals surface area contributed by atoms with Gasteiger partial charge in [-0.2, -0.15) is 0 Å². The lowest BCUT2D eigenvalue weighted by molar-refractivity contribution is 0.321. The Morgan fingerprint density at radius 3 is 2.28 bits per heavy atom. The maximum atomic E-state index is 9.97. The maximum absolute atomic E-state index is 9.97. The van der Waals surface area contributed by atoms with Crippen molar-refractivity contribution in [2.75, 3.05) is 0 Å². The Hall–Kier alpha value is -2.49. The zero-order valence-corrected chi connectivity index (χ0v) is 9.83. The fourth-order valence-electron chi connectivity index (χ4n) is 1.84. The lowest BCUT2D eigenvalue weighted by Gasteiger charge is -2.10. The minimum atomic E-state index is 0.0818. The van der Waals surface area contributed by atoms with Gasteiger partial charge in [-0.05, 0) is 41.8 Å². The van der Waals surface area contributed by atoms with Crippen molar-refractivity contribution in [1.29, 1.82) is 0 Å². The zero-order valence-electron chi connectivity index (χ0n) is 9.83. The van der Waals surface area contributed by atoms with Crippen molar-refractivity contribution >= 4 is 6.21 Å². The highest BCUT2D eigenvalue weighted by molar-refractivity contribution is 5.86. The van der Waals surface area contributed by atoms with Gasteiger partial charge in [0.1, 0.15) is 11.5 Å². The van der Waals surface area contributed by atoms with Crippen LogP contribution in [-0.4, -0.2) is 21.6 Å². The fraction of sp³-hybridized carbons (Fsp3) is 0.0714. The zero-order chi connectivity index (χ0) is 13.1. The SMILES string of the molecule is Cc1c(-c2ccc(O)cc2)ccc(/C=N/O)c1O. The number of benzene rings is 2. The normalized spacial score (nSPS) is 10.9. The molecule has 0 saturated heterocycles. The molecule has 0 saturated carbocycles. The van der Waals surface area contributed by atoms with Gasteiger partial charge in [-0.25, -0.2) is 0 Å². The van der Waals surface area contributed by atoms with Gasteiger partial charge in [-0.15, -0.1) is 0 Å². The lowest BCUT2D eigenvalue weighted by Crippen LogP contribution is -1.90. The van der Waals surface area contributed by atoms with Crippen molar-refractivity contribution in [3.8, 4) is 22.6 Å². The molecule has 4 nitrogen and oxygen atoms in total.